The minimum atomic E-state index is -0.765. The maximum Gasteiger partial charge on any atom is 0.240 e. The molecule has 0 aromatic heterocycles. The Labute approximate surface area is 175 Å². The summed E-state index contributed by atoms with van der Waals surface area (Å²) in [6.45, 7) is 1.98. The Kier molecular flexibility index (Phi) is 4.25. The molecule has 3 heterocycles. The van der Waals surface area contributed by atoms with Gasteiger partial charge in [0.15, 0.2) is 0 Å². The third-order valence-corrected chi connectivity index (χ3v) is 7.29. The highest BCUT2D eigenvalue weighted by Crippen LogP contribution is 2.64. The molecule has 5 rings (SSSR count). The van der Waals surface area contributed by atoms with Gasteiger partial charge >= 0.3 is 0 Å². The lowest BCUT2D eigenvalue weighted by Gasteiger charge is -2.31. The highest BCUT2D eigenvalue weighted by Gasteiger charge is 2.74. The number of nitriles is 1. The molecule has 2 amide bonds. The third kappa shape index (κ3) is 2.31. The van der Waals surface area contributed by atoms with Crippen LogP contribution in [-0.4, -0.2) is 34.7 Å². The standard InChI is InChI=1S/C24H24N2O4/c1-2-9-23-10-11-24(30-23,12-13-27)20-19(23)21(28)26(22(20)29)18-8-7-15(14-25)16-5-3-4-6-17(16)18/h3-8,19-20,27H,2,9-13H2,1H3/t19-,20+,23+,24?/m1/s1. The number of rotatable bonds is 5. The first-order valence-electron chi connectivity index (χ1n) is 10.6. The summed E-state index contributed by atoms with van der Waals surface area (Å²) in [6.07, 6.45) is 3.38. The van der Waals surface area contributed by atoms with Gasteiger partial charge in [-0.15, -0.1) is 0 Å². The second-order valence-electron chi connectivity index (χ2n) is 8.71. The molecule has 1 N–H and O–H groups in total. The molecule has 3 aliphatic heterocycles. The number of ether oxygens (including phenoxy) is 1. The molecule has 0 saturated carbocycles. The van der Waals surface area contributed by atoms with Gasteiger partial charge in [-0.25, -0.2) is 4.90 Å². The van der Waals surface area contributed by atoms with Crippen LogP contribution >= 0.6 is 0 Å². The van der Waals surface area contributed by atoms with Crippen molar-refractivity contribution in [3.63, 3.8) is 0 Å². The molecule has 0 spiro atoms. The number of amides is 2. The van der Waals surface area contributed by atoms with Gasteiger partial charge < -0.3 is 9.84 Å². The van der Waals surface area contributed by atoms with E-state index in [9.17, 15) is 20.0 Å². The maximum absolute atomic E-state index is 13.7. The van der Waals surface area contributed by atoms with Gasteiger partial charge in [0.1, 0.15) is 0 Å². The van der Waals surface area contributed by atoms with Gasteiger partial charge in [-0.05, 0) is 31.4 Å². The second kappa shape index (κ2) is 6.63. The van der Waals surface area contributed by atoms with Gasteiger partial charge in [-0.1, -0.05) is 37.6 Å². The van der Waals surface area contributed by atoms with Crippen molar-refractivity contribution in [2.75, 3.05) is 11.5 Å². The second-order valence-corrected chi connectivity index (χ2v) is 8.71. The highest BCUT2D eigenvalue weighted by molar-refractivity contribution is 6.26. The lowest BCUT2D eigenvalue weighted by molar-refractivity contribution is -0.132. The molecule has 2 aromatic rings. The summed E-state index contributed by atoms with van der Waals surface area (Å²) in [4.78, 5) is 28.7. The number of carbonyl (C=O) groups is 2. The van der Waals surface area contributed by atoms with Crippen LogP contribution in [0.1, 0.15) is 44.6 Å². The molecular formula is C24H24N2O4. The summed E-state index contributed by atoms with van der Waals surface area (Å²) in [5.41, 5.74) is -0.354. The molecule has 154 valence electrons. The fraction of sp³-hybridized carbons (Fsp3) is 0.458. The maximum atomic E-state index is 13.7. The number of imide groups is 1. The Bertz CT molecular complexity index is 1070. The lowest BCUT2D eigenvalue weighted by atomic mass is 9.65. The number of aliphatic hydroxyl groups is 1. The normalized spacial score (nSPS) is 32.1. The van der Waals surface area contributed by atoms with Gasteiger partial charge in [0, 0.05) is 23.8 Å². The first kappa shape index (κ1) is 19.2. The van der Waals surface area contributed by atoms with Gasteiger partial charge in [0.05, 0.1) is 40.4 Å². The molecule has 2 bridgehead atoms. The smallest absolute Gasteiger partial charge is 0.240 e. The number of carbonyl (C=O) groups excluding carboxylic acids is 2. The first-order chi connectivity index (χ1) is 14.5. The highest BCUT2D eigenvalue weighted by atomic mass is 16.5. The number of aliphatic hydroxyl groups excluding tert-OH is 1. The van der Waals surface area contributed by atoms with Crippen LogP contribution in [0.25, 0.3) is 10.8 Å². The van der Waals surface area contributed by atoms with Crippen molar-refractivity contribution in [2.45, 2.75) is 50.2 Å². The zero-order chi connectivity index (χ0) is 21.1. The SMILES string of the molecule is CCC[C@@]12CCC(CCO)(O1)[C@@H]1C(=O)N(c3ccc(C#N)c4ccccc34)C(=O)[C@@H]12. The zero-order valence-corrected chi connectivity index (χ0v) is 16.9. The van der Waals surface area contributed by atoms with Gasteiger partial charge in [-0.2, -0.15) is 5.26 Å². The van der Waals surface area contributed by atoms with E-state index < -0.39 is 23.0 Å². The number of hydrogen-bond donors (Lipinski definition) is 1. The minimum Gasteiger partial charge on any atom is -0.396 e. The topological polar surface area (TPSA) is 90.6 Å². The lowest BCUT2D eigenvalue weighted by Crippen LogP contribution is -2.43. The minimum absolute atomic E-state index is 0.0767. The van der Waals surface area contributed by atoms with E-state index >= 15 is 0 Å². The van der Waals surface area contributed by atoms with Gasteiger partial charge in [-0.3, -0.25) is 9.59 Å². The van der Waals surface area contributed by atoms with Crippen LogP contribution in [0.4, 0.5) is 5.69 Å². The van der Waals surface area contributed by atoms with E-state index in [0.717, 1.165) is 24.6 Å². The number of fused-ring (bicyclic) bond motifs is 6. The molecule has 30 heavy (non-hydrogen) atoms. The van der Waals surface area contributed by atoms with Crippen molar-refractivity contribution < 1.29 is 19.4 Å². The van der Waals surface area contributed by atoms with E-state index in [1.54, 1.807) is 12.1 Å². The monoisotopic (exact) mass is 404 g/mol. The largest absolute Gasteiger partial charge is 0.396 e. The van der Waals surface area contributed by atoms with Crippen LogP contribution in [0.5, 0.6) is 0 Å². The van der Waals surface area contributed by atoms with Crippen LogP contribution in [0.3, 0.4) is 0 Å². The van der Waals surface area contributed by atoms with E-state index in [1.165, 1.54) is 4.90 Å². The van der Waals surface area contributed by atoms with Crippen LogP contribution in [0.2, 0.25) is 0 Å². The average molecular weight is 404 g/mol. The Morgan fingerprint density at radius 2 is 1.70 bits per heavy atom. The van der Waals surface area contributed by atoms with Gasteiger partial charge in [0.2, 0.25) is 11.8 Å². The van der Waals surface area contributed by atoms with Crippen molar-refractivity contribution >= 4 is 28.3 Å². The number of nitrogens with zero attached hydrogens (tertiary/aromatic N) is 2. The van der Waals surface area contributed by atoms with Crippen molar-refractivity contribution in [3.05, 3.63) is 42.0 Å². The Morgan fingerprint density at radius 1 is 1.07 bits per heavy atom. The quantitative estimate of drug-likeness (QED) is 0.772. The van der Waals surface area contributed by atoms with Crippen LogP contribution in [0, 0.1) is 23.2 Å². The molecule has 6 heteroatoms. The average Bonchev–Trinajstić information content (AvgIpc) is 3.34. The third-order valence-electron chi connectivity index (χ3n) is 7.29. The van der Waals surface area contributed by atoms with Crippen LogP contribution in [0.15, 0.2) is 36.4 Å². The van der Waals surface area contributed by atoms with E-state index in [4.69, 9.17) is 4.74 Å². The van der Waals surface area contributed by atoms with Gasteiger partial charge in [0.25, 0.3) is 0 Å². The molecule has 3 saturated heterocycles. The Morgan fingerprint density at radius 3 is 2.30 bits per heavy atom. The summed E-state index contributed by atoms with van der Waals surface area (Å²) in [6, 6.07) is 12.9. The molecule has 6 nitrogen and oxygen atoms in total. The van der Waals surface area contributed by atoms with Crippen molar-refractivity contribution in [1.82, 2.24) is 0 Å². The summed E-state index contributed by atoms with van der Waals surface area (Å²) >= 11 is 0. The molecule has 3 aliphatic rings. The molecule has 3 fully saturated rings. The molecule has 1 unspecified atom stereocenters. The molecular weight excluding hydrogens is 380 g/mol. The van der Waals surface area contributed by atoms with E-state index in [1.807, 2.05) is 24.3 Å². The van der Waals surface area contributed by atoms with Crippen LogP contribution in [-0.2, 0) is 14.3 Å². The molecule has 2 aromatic carbocycles. The van der Waals surface area contributed by atoms with Crippen molar-refractivity contribution in [2.24, 2.45) is 11.8 Å². The zero-order valence-electron chi connectivity index (χ0n) is 16.9. The van der Waals surface area contributed by atoms with Crippen LogP contribution < -0.4 is 4.90 Å². The van der Waals surface area contributed by atoms with Crippen molar-refractivity contribution in [1.29, 1.82) is 5.26 Å². The number of anilines is 1. The Hall–Kier alpha value is -2.75. The predicted octanol–water partition coefficient (Wildman–Crippen LogP) is 3.30. The molecule has 0 radical (unpaired) electrons. The van der Waals surface area contributed by atoms with Crippen molar-refractivity contribution in [3.8, 4) is 6.07 Å². The predicted molar refractivity (Wildman–Crippen MR) is 111 cm³/mol. The molecule has 0 aliphatic carbocycles. The summed E-state index contributed by atoms with van der Waals surface area (Å²) in [7, 11) is 0. The number of benzene rings is 2. The Balaban J connectivity index is 1.66. The fourth-order valence-electron chi connectivity index (χ4n) is 6.19. The first-order valence-corrected chi connectivity index (χ1v) is 10.6. The van der Waals surface area contributed by atoms with E-state index in [-0.39, 0.29) is 18.4 Å². The van der Waals surface area contributed by atoms with E-state index in [0.29, 0.717) is 29.5 Å². The van der Waals surface area contributed by atoms with E-state index in [2.05, 4.69) is 13.0 Å². The summed E-state index contributed by atoms with van der Waals surface area (Å²) in [5, 5.41) is 20.6. The fourth-order valence-corrected chi connectivity index (χ4v) is 6.19. The summed E-state index contributed by atoms with van der Waals surface area (Å²) < 4.78 is 6.47. The molecule has 4 atom stereocenters. The number of hydrogen-bond acceptors (Lipinski definition) is 5. The summed E-state index contributed by atoms with van der Waals surface area (Å²) in [5.74, 6) is -1.54.